The van der Waals surface area contributed by atoms with Crippen molar-refractivity contribution in [1.82, 2.24) is 19.4 Å². The smallest absolute Gasteiger partial charge is 0.270 e. The second-order valence-electron chi connectivity index (χ2n) is 9.73. The third kappa shape index (κ3) is 4.69. The molecule has 2 aliphatic heterocycles. The average molecular weight is 527 g/mol. The van der Waals surface area contributed by atoms with Crippen LogP contribution in [0.4, 0.5) is 5.95 Å². The molecule has 2 saturated heterocycles. The summed E-state index contributed by atoms with van der Waals surface area (Å²) in [5.74, 6) is 1.74. The predicted molar refractivity (Wildman–Crippen MR) is 141 cm³/mol. The number of anilines is 1. The first-order valence-electron chi connectivity index (χ1n) is 12.2. The molecule has 4 heterocycles. The Hall–Kier alpha value is -2.70. The number of aliphatic hydroxyl groups is 1. The van der Waals surface area contributed by atoms with Crippen LogP contribution < -0.4 is 10.5 Å². The van der Waals surface area contributed by atoms with Gasteiger partial charge in [-0.05, 0) is 61.9 Å². The molecule has 2 aliphatic rings. The van der Waals surface area contributed by atoms with Gasteiger partial charge in [-0.25, -0.2) is 4.98 Å². The molecule has 2 fully saturated rings. The van der Waals surface area contributed by atoms with Crippen LogP contribution in [0.25, 0.3) is 11.0 Å². The van der Waals surface area contributed by atoms with Crippen molar-refractivity contribution < 1.29 is 5.11 Å². The van der Waals surface area contributed by atoms with Gasteiger partial charge in [-0.2, -0.15) is 10.2 Å². The van der Waals surface area contributed by atoms with Crippen molar-refractivity contribution in [1.29, 1.82) is 5.26 Å². The summed E-state index contributed by atoms with van der Waals surface area (Å²) >= 11 is 12.5. The summed E-state index contributed by atoms with van der Waals surface area (Å²) in [5, 5.41) is 20.4. The van der Waals surface area contributed by atoms with Gasteiger partial charge in [0, 0.05) is 47.8 Å². The van der Waals surface area contributed by atoms with Crippen molar-refractivity contribution >= 4 is 40.2 Å². The number of benzene rings is 1. The molecular weight excluding hydrogens is 499 g/mol. The zero-order chi connectivity index (χ0) is 25.4. The molecule has 0 bridgehead atoms. The number of piperidine rings is 1. The summed E-state index contributed by atoms with van der Waals surface area (Å²) in [6.07, 6.45) is 4.04. The topological polar surface area (TPSA) is 98.3 Å². The van der Waals surface area contributed by atoms with Crippen molar-refractivity contribution in [2.24, 2.45) is 11.8 Å². The second kappa shape index (κ2) is 10.3. The van der Waals surface area contributed by atoms with E-state index < -0.39 is 11.6 Å². The number of nitriles is 1. The summed E-state index contributed by atoms with van der Waals surface area (Å²) in [6, 6.07) is 8.24. The number of hydrogen-bond donors (Lipinski definition) is 1. The van der Waals surface area contributed by atoms with Gasteiger partial charge in [0.2, 0.25) is 5.95 Å². The van der Waals surface area contributed by atoms with Gasteiger partial charge in [-0.15, -0.1) is 0 Å². The fourth-order valence-corrected chi connectivity index (χ4v) is 6.04. The van der Waals surface area contributed by atoms with E-state index in [1.807, 2.05) is 13.0 Å². The minimum atomic E-state index is -0.468. The van der Waals surface area contributed by atoms with Gasteiger partial charge >= 0.3 is 0 Å². The zero-order valence-corrected chi connectivity index (χ0v) is 21.6. The molecule has 1 N–H and O–H groups in total. The maximum atomic E-state index is 13.3. The van der Waals surface area contributed by atoms with Crippen LogP contribution in [0.3, 0.4) is 0 Å². The highest BCUT2D eigenvalue weighted by Gasteiger charge is 2.37. The van der Waals surface area contributed by atoms with Gasteiger partial charge in [0.1, 0.15) is 17.3 Å². The van der Waals surface area contributed by atoms with E-state index in [4.69, 9.17) is 28.2 Å². The predicted octanol–water partition coefficient (Wildman–Crippen LogP) is 3.72. The van der Waals surface area contributed by atoms with Crippen LogP contribution in [0.15, 0.2) is 35.3 Å². The number of β-amino-alcohol motifs (C(OH)–C–C–N with tert-alkyl or cyclic N) is 1. The van der Waals surface area contributed by atoms with Gasteiger partial charge in [-0.1, -0.05) is 29.3 Å². The van der Waals surface area contributed by atoms with Crippen LogP contribution in [-0.2, 0) is 0 Å². The highest BCUT2D eigenvalue weighted by Crippen LogP contribution is 2.34. The number of likely N-dealkylation sites (tertiary alicyclic amines) is 1. The fourth-order valence-electron chi connectivity index (χ4n) is 5.48. The second-order valence-corrected chi connectivity index (χ2v) is 10.6. The first kappa shape index (κ1) is 25.0. The van der Waals surface area contributed by atoms with E-state index in [0.717, 1.165) is 39.1 Å². The molecule has 36 heavy (non-hydrogen) atoms. The van der Waals surface area contributed by atoms with Crippen LogP contribution >= 0.6 is 23.2 Å². The largest absolute Gasteiger partial charge is 0.395 e. The van der Waals surface area contributed by atoms with Crippen molar-refractivity contribution in [3.63, 3.8) is 0 Å². The molecule has 8 nitrogen and oxygen atoms in total. The summed E-state index contributed by atoms with van der Waals surface area (Å²) in [7, 11) is 0. The summed E-state index contributed by atoms with van der Waals surface area (Å²) in [6.45, 7) is 6.60. The summed E-state index contributed by atoms with van der Waals surface area (Å²) in [4.78, 5) is 27.1. The van der Waals surface area contributed by atoms with Gasteiger partial charge in [0.05, 0.1) is 12.6 Å². The lowest BCUT2D eigenvalue weighted by molar-refractivity contribution is 0.101. The van der Waals surface area contributed by atoms with Gasteiger partial charge in [0.15, 0.2) is 0 Å². The minimum Gasteiger partial charge on any atom is -0.395 e. The molecular formula is C26H28Cl2N6O2. The molecule has 0 radical (unpaired) electrons. The van der Waals surface area contributed by atoms with E-state index in [9.17, 15) is 15.2 Å². The lowest BCUT2D eigenvalue weighted by Gasteiger charge is -2.46. The number of halogens is 2. The van der Waals surface area contributed by atoms with Gasteiger partial charge in [-0.3, -0.25) is 9.36 Å². The fraction of sp³-hybridized carbons (Fsp3) is 0.462. The number of fused-ring (bicyclic) bond motifs is 1. The monoisotopic (exact) mass is 526 g/mol. The van der Waals surface area contributed by atoms with Crippen LogP contribution in [0.1, 0.15) is 36.9 Å². The molecule has 0 saturated carbocycles. The Kier molecular flexibility index (Phi) is 7.18. The highest BCUT2D eigenvalue weighted by atomic mass is 35.5. The number of aromatic nitrogens is 3. The van der Waals surface area contributed by atoms with Crippen LogP contribution in [-0.4, -0.2) is 63.9 Å². The van der Waals surface area contributed by atoms with Crippen molar-refractivity contribution in [3.05, 3.63) is 62.0 Å². The standard InChI is InChI=1S/C26H28Cl2N6O2/c1-16(22-5-4-21(27)10-23(22)28)34-24-19(9-18(11-29)25(34)36)12-30-26(31-24)33-14-20(15-33)17-3-2-6-32(13-17)7-8-35/h4-5,9-10,12,16-17,20,35H,2-3,6-8,13-15H2,1H3/t16-,17+/m1/s1. The summed E-state index contributed by atoms with van der Waals surface area (Å²) in [5.41, 5.74) is 0.802. The maximum absolute atomic E-state index is 13.3. The Balaban J connectivity index is 1.45. The van der Waals surface area contributed by atoms with Crippen LogP contribution in [0.2, 0.25) is 10.0 Å². The van der Waals surface area contributed by atoms with E-state index >= 15 is 0 Å². The molecule has 0 amide bonds. The molecule has 2 aromatic heterocycles. The SMILES string of the molecule is C[C@H](c1ccc(Cl)cc1Cl)n1c(=O)c(C#N)cc2cnc(N3CC([C@H]4CCCN(CCO)C4)C3)nc21. The first-order chi connectivity index (χ1) is 17.4. The quantitative estimate of drug-likeness (QED) is 0.522. The molecule has 3 aromatic rings. The molecule has 2 atom stereocenters. The number of aliphatic hydroxyl groups excluding tert-OH is 1. The van der Waals surface area contributed by atoms with Crippen molar-refractivity contribution in [2.45, 2.75) is 25.8 Å². The summed E-state index contributed by atoms with van der Waals surface area (Å²) < 4.78 is 1.53. The zero-order valence-electron chi connectivity index (χ0n) is 20.1. The lowest BCUT2D eigenvalue weighted by Crippen LogP contribution is -2.54. The number of nitrogens with zero attached hydrogens (tertiary/aromatic N) is 6. The van der Waals surface area contributed by atoms with E-state index in [2.05, 4.69) is 14.8 Å². The van der Waals surface area contributed by atoms with Crippen molar-refractivity contribution in [2.75, 3.05) is 44.2 Å². The third-order valence-corrected chi connectivity index (χ3v) is 8.06. The number of pyridine rings is 1. The first-order valence-corrected chi connectivity index (χ1v) is 13.0. The van der Waals surface area contributed by atoms with E-state index in [0.29, 0.717) is 44.4 Å². The molecule has 188 valence electrons. The Morgan fingerprint density at radius 2 is 2.03 bits per heavy atom. The maximum Gasteiger partial charge on any atom is 0.270 e. The molecule has 0 aliphatic carbocycles. The Morgan fingerprint density at radius 1 is 1.22 bits per heavy atom. The number of hydrogen-bond acceptors (Lipinski definition) is 7. The minimum absolute atomic E-state index is 0.0320. The third-order valence-electron chi connectivity index (χ3n) is 7.50. The van der Waals surface area contributed by atoms with E-state index in [1.54, 1.807) is 30.5 Å². The average Bonchev–Trinajstić information content (AvgIpc) is 2.83. The van der Waals surface area contributed by atoms with Crippen LogP contribution in [0.5, 0.6) is 0 Å². The Bertz CT molecular complexity index is 1380. The highest BCUT2D eigenvalue weighted by molar-refractivity contribution is 6.35. The van der Waals surface area contributed by atoms with Gasteiger partial charge in [0.25, 0.3) is 5.56 Å². The molecule has 5 rings (SSSR count). The van der Waals surface area contributed by atoms with E-state index in [-0.39, 0.29) is 12.2 Å². The molecule has 10 heteroatoms. The van der Waals surface area contributed by atoms with Gasteiger partial charge < -0.3 is 14.9 Å². The molecule has 0 spiro atoms. The van der Waals surface area contributed by atoms with Crippen molar-refractivity contribution in [3.8, 4) is 6.07 Å². The van der Waals surface area contributed by atoms with Crippen LogP contribution in [0, 0.1) is 23.2 Å². The number of rotatable bonds is 6. The normalized spacial score (nSPS) is 19.8. The lowest BCUT2D eigenvalue weighted by atomic mass is 9.81. The molecule has 1 aromatic carbocycles. The molecule has 0 unspecified atom stereocenters. The Labute approximate surface area is 219 Å². The van der Waals surface area contributed by atoms with E-state index in [1.165, 1.54) is 11.0 Å². The Morgan fingerprint density at radius 3 is 2.75 bits per heavy atom.